The van der Waals surface area contributed by atoms with E-state index >= 15 is 0 Å². The molecule has 3 nitrogen and oxygen atoms in total. The van der Waals surface area contributed by atoms with Gasteiger partial charge in [0.05, 0.1) is 6.04 Å². The third kappa shape index (κ3) is 2.66. The summed E-state index contributed by atoms with van der Waals surface area (Å²) in [6.07, 6.45) is 8.39. The molecular weight excluding hydrogens is 346 g/mol. The molecule has 1 spiro atoms. The lowest BCUT2D eigenvalue weighted by Gasteiger charge is -2.38. The van der Waals surface area contributed by atoms with Gasteiger partial charge in [-0.3, -0.25) is 4.90 Å². The predicted molar refractivity (Wildman–Crippen MR) is 110 cm³/mol. The largest absolute Gasteiger partial charge is 0.449 e. The van der Waals surface area contributed by atoms with Crippen LogP contribution < -0.4 is 0 Å². The highest BCUT2D eigenvalue weighted by atomic mass is 16.6. The molecule has 28 heavy (non-hydrogen) atoms. The number of benzene rings is 1. The molecule has 0 radical (unpaired) electrons. The molecular formula is C25H27NO2. The van der Waals surface area contributed by atoms with Crippen molar-refractivity contribution in [2.24, 2.45) is 0 Å². The van der Waals surface area contributed by atoms with Gasteiger partial charge in [0.1, 0.15) is 0 Å². The van der Waals surface area contributed by atoms with Gasteiger partial charge in [-0.1, -0.05) is 57.2 Å². The smallest absolute Gasteiger partial charge is 0.332 e. The summed E-state index contributed by atoms with van der Waals surface area (Å²) >= 11 is 0. The SMILES string of the molecule is CC(C)(C)c1ccc(C#CC2=C[C@@H]3C[C@@]4(OC(=O)C=C24)C2CCCCN23)cc1. The second-order valence-electron chi connectivity index (χ2n) is 9.55. The minimum absolute atomic E-state index is 0.139. The van der Waals surface area contributed by atoms with E-state index in [4.69, 9.17) is 4.74 Å². The molecule has 1 unspecified atom stereocenters. The highest BCUT2D eigenvalue weighted by molar-refractivity contribution is 5.90. The maximum Gasteiger partial charge on any atom is 0.332 e. The zero-order valence-corrected chi connectivity index (χ0v) is 16.9. The van der Waals surface area contributed by atoms with Gasteiger partial charge in [0, 0.05) is 35.2 Å². The van der Waals surface area contributed by atoms with Crippen LogP contribution >= 0.6 is 0 Å². The summed E-state index contributed by atoms with van der Waals surface area (Å²) in [5, 5.41) is 0. The Hall–Kier alpha value is -2.31. The molecule has 2 fully saturated rings. The van der Waals surface area contributed by atoms with Crippen LogP contribution in [0.2, 0.25) is 0 Å². The molecule has 2 saturated heterocycles. The summed E-state index contributed by atoms with van der Waals surface area (Å²) in [5.74, 6) is 6.50. The quantitative estimate of drug-likeness (QED) is 0.506. The fraction of sp³-hybridized carbons (Fsp3) is 0.480. The van der Waals surface area contributed by atoms with Crippen molar-refractivity contribution in [1.29, 1.82) is 0 Å². The number of hydrogen-bond acceptors (Lipinski definition) is 3. The van der Waals surface area contributed by atoms with Crippen molar-refractivity contribution in [1.82, 2.24) is 4.90 Å². The Bertz CT molecular complexity index is 951. The first-order valence-corrected chi connectivity index (χ1v) is 10.4. The van der Waals surface area contributed by atoms with Gasteiger partial charge in [0.25, 0.3) is 0 Å². The molecule has 0 saturated carbocycles. The standard InChI is InChI=1S/C25H27NO2/c1-24(2,3)19-11-8-17(9-12-19)7-10-18-14-20-16-25(21(18)15-23(27)28-25)22-6-4-5-13-26(20)22/h8-9,11-12,14-15,20,22H,4-6,13,16H2,1-3H3/t20-,22?,25+/m1/s1. The van der Waals surface area contributed by atoms with Crippen LogP contribution in [-0.4, -0.2) is 35.1 Å². The summed E-state index contributed by atoms with van der Waals surface area (Å²) in [6, 6.07) is 9.15. The Balaban J connectivity index is 1.49. The van der Waals surface area contributed by atoms with E-state index < -0.39 is 5.60 Å². The molecule has 0 N–H and O–H groups in total. The van der Waals surface area contributed by atoms with Gasteiger partial charge in [0.2, 0.25) is 0 Å². The Kier molecular flexibility index (Phi) is 3.87. The van der Waals surface area contributed by atoms with Gasteiger partial charge in [-0.2, -0.15) is 0 Å². The van der Waals surface area contributed by atoms with E-state index in [0.29, 0.717) is 12.1 Å². The van der Waals surface area contributed by atoms with Gasteiger partial charge in [0.15, 0.2) is 5.60 Å². The third-order valence-corrected chi connectivity index (χ3v) is 6.76. The Labute approximate surface area is 167 Å². The number of hydrogen-bond donors (Lipinski definition) is 0. The lowest BCUT2D eigenvalue weighted by Crippen LogP contribution is -2.48. The lowest BCUT2D eigenvalue weighted by atomic mass is 9.77. The first-order valence-electron chi connectivity index (χ1n) is 10.4. The lowest BCUT2D eigenvalue weighted by molar-refractivity contribution is -0.148. The van der Waals surface area contributed by atoms with Gasteiger partial charge in [-0.05, 0) is 42.5 Å². The van der Waals surface area contributed by atoms with Crippen LogP contribution in [0.15, 0.2) is 47.6 Å². The topological polar surface area (TPSA) is 29.5 Å². The number of fused-ring (bicyclic) bond motifs is 3. The molecule has 3 atom stereocenters. The van der Waals surface area contributed by atoms with Crippen molar-refractivity contribution in [3.05, 3.63) is 58.7 Å². The summed E-state index contributed by atoms with van der Waals surface area (Å²) in [4.78, 5) is 14.8. The van der Waals surface area contributed by atoms with Crippen molar-refractivity contribution in [3.63, 3.8) is 0 Å². The summed E-state index contributed by atoms with van der Waals surface area (Å²) < 4.78 is 5.97. The molecule has 1 aromatic carbocycles. The number of carbonyl (C=O) groups is 1. The van der Waals surface area contributed by atoms with Crippen LogP contribution in [0.1, 0.15) is 57.6 Å². The van der Waals surface area contributed by atoms with Crippen molar-refractivity contribution in [2.75, 3.05) is 6.54 Å². The summed E-state index contributed by atoms with van der Waals surface area (Å²) in [7, 11) is 0. The Morgan fingerprint density at radius 2 is 1.93 bits per heavy atom. The van der Waals surface area contributed by atoms with Crippen LogP contribution in [0.3, 0.4) is 0 Å². The second-order valence-corrected chi connectivity index (χ2v) is 9.55. The first-order chi connectivity index (χ1) is 13.4. The van der Waals surface area contributed by atoms with Crippen LogP contribution in [0.25, 0.3) is 0 Å². The van der Waals surface area contributed by atoms with Crippen LogP contribution in [-0.2, 0) is 14.9 Å². The molecule has 3 aliphatic heterocycles. The van der Waals surface area contributed by atoms with Gasteiger partial charge >= 0.3 is 5.97 Å². The molecule has 3 heteroatoms. The maximum absolute atomic E-state index is 12.2. The molecule has 144 valence electrons. The predicted octanol–water partition coefficient (Wildman–Crippen LogP) is 4.12. The van der Waals surface area contributed by atoms with Crippen LogP contribution in [0.5, 0.6) is 0 Å². The molecule has 1 aromatic rings. The molecule has 2 bridgehead atoms. The van der Waals surface area contributed by atoms with Gasteiger partial charge in [-0.25, -0.2) is 4.79 Å². The number of esters is 1. The van der Waals surface area contributed by atoms with Crippen molar-refractivity contribution < 1.29 is 9.53 Å². The molecule has 5 rings (SSSR count). The number of rotatable bonds is 0. The Morgan fingerprint density at radius 1 is 1.14 bits per heavy atom. The maximum atomic E-state index is 12.2. The average Bonchev–Trinajstić information content (AvgIpc) is 3.15. The minimum Gasteiger partial charge on any atom is -0.449 e. The minimum atomic E-state index is -0.461. The van der Waals surface area contributed by atoms with Crippen LogP contribution in [0.4, 0.5) is 0 Å². The molecule has 3 heterocycles. The van der Waals surface area contributed by atoms with Crippen molar-refractivity contribution in [3.8, 4) is 11.8 Å². The third-order valence-electron chi connectivity index (χ3n) is 6.76. The van der Waals surface area contributed by atoms with E-state index in [1.165, 1.54) is 18.4 Å². The fourth-order valence-electron chi connectivity index (χ4n) is 5.36. The van der Waals surface area contributed by atoms with E-state index in [1.807, 2.05) is 0 Å². The Morgan fingerprint density at radius 3 is 2.68 bits per heavy atom. The highest BCUT2D eigenvalue weighted by Crippen LogP contribution is 2.53. The molecule has 0 amide bonds. The summed E-state index contributed by atoms with van der Waals surface area (Å²) in [6.45, 7) is 7.74. The van der Waals surface area contributed by atoms with E-state index in [1.54, 1.807) is 6.08 Å². The molecule has 4 aliphatic rings. The van der Waals surface area contributed by atoms with Gasteiger partial charge in [-0.15, -0.1) is 0 Å². The average molecular weight is 373 g/mol. The van der Waals surface area contributed by atoms with E-state index in [9.17, 15) is 4.79 Å². The highest BCUT2D eigenvalue weighted by Gasteiger charge is 2.61. The monoisotopic (exact) mass is 373 g/mol. The van der Waals surface area contributed by atoms with E-state index in [-0.39, 0.29) is 11.4 Å². The normalized spacial score (nSPS) is 31.2. The number of carbonyl (C=O) groups excluding carboxylic acids is 1. The number of piperidine rings is 1. The van der Waals surface area contributed by atoms with E-state index in [2.05, 4.69) is 67.9 Å². The molecule has 1 aliphatic carbocycles. The summed E-state index contributed by atoms with van der Waals surface area (Å²) in [5.41, 5.74) is 3.99. The molecule has 0 aromatic heterocycles. The zero-order valence-electron chi connectivity index (χ0n) is 16.9. The van der Waals surface area contributed by atoms with Crippen molar-refractivity contribution >= 4 is 5.97 Å². The number of nitrogens with zero attached hydrogens (tertiary/aromatic N) is 1. The van der Waals surface area contributed by atoms with Gasteiger partial charge < -0.3 is 4.74 Å². The fourth-order valence-corrected chi connectivity index (χ4v) is 5.36. The zero-order chi connectivity index (χ0) is 19.5. The van der Waals surface area contributed by atoms with Crippen LogP contribution in [0, 0.1) is 11.8 Å². The van der Waals surface area contributed by atoms with E-state index in [0.717, 1.165) is 36.1 Å². The number of ether oxygens (including phenoxy) is 1. The second kappa shape index (κ2) is 6.09. The first kappa shape index (κ1) is 17.8. The van der Waals surface area contributed by atoms with Crippen molar-refractivity contribution in [2.45, 2.75) is 69.6 Å².